The number of methoxy groups -OCH3 is 1. The van der Waals surface area contributed by atoms with Gasteiger partial charge in [-0.05, 0) is 44.9 Å². The molecule has 2 heterocycles. The van der Waals surface area contributed by atoms with Crippen molar-refractivity contribution < 1.29 is 19.1 Å². The van der Waals surface area contributed by atoms with Crippen LogP contribution in [0.15, 0.2) is 23.8 Å². The van der Waals surface area contributed by atoms with Crippen LogP contribution in [0.5, 0.6) is 5.75 Å². The van der Waals surface area contributed by atoms with E-state index in [9.17, 15) is 14.4 Å². The first-order valence-corrected chi connectivity index (χ1v) is 10.0. The van der Waals surface area contributed by atoms with Gasteiger partial charge in [0.2, 0.25) is 0 Å². The van der Waals surface area contributed by atoms with E-state index in [0.29, 0.717) is 11.3 Å². The van der Waals surface area contributed by atoms with E-state index in [2.05, 4.69) is 38.7 Å². The number of hydrogen-bond donors (Lipinski definition) is 0. The van der Waals surface area contributed by atoms with Gasteiger partial charge in [0, 0.05) is 43.5 Å². The molecule has 4 amide bonds. The summed E-state index contributed by atoms with van der Waals surface area (Å²) in [6, 6.07) is 3.27. The molecule has 0 unspecified atom stereocenters. The first kappa shape index (κ1) is 21.6. The van der Waals surface area contributed by atoms with Crippen molar-refractivity contribution in [1.82, 2.24) is 9.80 Å². The van der Waals surface area contributed by atoms with Gasteiger partial charge < -0.3 is 9.64 Å². The van der Waals surface area contributed by atoms with Crippen molar-refractivity contribution in [3.63, 3.8) is 0 Å². The molecule has 0 spiro atoms. The average molecular weight is 412 g/mol. The average Bonchev–Trinajstić information content (AvgIpc) is 2.70. The van der Waals surface area contributed by atoms with Crippen LogP contribution in [0.2, 0.25) is 0 Å². The number of imide groups is 2. The van der Waals surface area contributed by atoms with Gasteiger partial charge in [0.25, 0.3) is 11.8 Å². The number of ether oxygens (including phenoxy) is 1. The minimum Gasteiger partial charge on any atom is -0.496 e. The second-order valence-corrected chi connectivity index (χ2v) is 8.31. The lowest BCUT2D eigenvalue weighted by Gasteiger charge is -2.43. The predicted octanol–water partition coefficient (Wildman–Crippen LogP) is 3.54. The minimum absolute atomic E-state index is 0.0685. The van der Waals surface area contributed by atoms with Crippen LogP contribution >= 0.6 is 0 Å². The van der Waals surface area contributed by atoms with E-state index < -0.39 is 17.8 Å². The minimum atomic E-state index is -0.643. The maximum absolute atomic E-state index is 12.6. The second kappa shape index (κ2) is 7.63. The summed E-state index contributed by atoms with van der Waals surface area (Å²) in [6.07, 6.45) is 4.74. The number of carbonyl (C=O) groups is 3. The van der Waals surface area contributed by atoms with Crippen LogP contribution in [0, 0.1) is 0 Å². The smallest absolute Gasteiger partial charge is 0.333 e. The summed E-state index contributed by atoms with van der Waals surface area (Å²) in [7, 11) is 4.29. The summed E-state index contributed by atoms with van der Waals surface area (Å²) in [6.45, 7) is 9.46. The molecule has 7 nitrogen and oxygen atoms in total. The number of rotatable bonds is 4. The Morgan fingerprint density at radius 2 is 1.67 bits per heavy atom. The van der Waals surface area contributed by atoms with Gasteiger partial charge in [0.15, 0.2) is 0 Å². The van der Waals surface area contributed by atoms with Crippen molar-refractivity contribution in [2.24, 2.45) is 0 Å². The number of carbonyl (C=O) groups excluding carboxylic acids is 3. The molecule has 0 radical (unpaired) electrons. The van der Waals surface area contributed by atoms with Gasteiger partial charge in [0.1, 0.15) is 11.3 Å². The Morgan fingerprint density at radius 3 is 2.20 bits per heavy atom. The monoisotopic (exact) mass is 411 g/mol. The maximum atomic E-state index is 12.6. The second-order valence-electron chi connectivity index (χ2n) is 8.31. The molecule has 2 aliphatic rings. The third-order valence-electron chi connectivity index (χ3n) is 5.72. The number of urea groups is 1. The van der Waals surface area contributed by atoms with E-state index in [1.165, 1.54) is 20.2 Å². The van der Waals surface area contributed by atoms with Gasteiger partial charge in [-0.3, -0.25) is 19.4 Å². The summed E-state index contributed by atoms with van der Waals surface area (Å²) in [5.74, 6) is -0.677. The molecule has 0 bridgehead atoms. The molecule has 1 aromatic carbocycles. The fraction of sp³-hybridized carbons (Fsp3) is 0.435. The van der Waals surface area contributed by atoms with Crippen molar-refractivity contribution >= 4 is 35.2 Å². The highest BCUT2D eigenvalue weighted by Crippen LogP contribution is 2.42. The zero-order valence-electron chi connectivity index (χ0n) is 18.7. The van der Waals surface area contributed by atoms with E-state index in [0.717, 1.165) is 39.6 Å². The van der Waals surface area contributed by atoms with Gasteiger partial charge in [-0.1, -0.05) is 13.0 Å². The normalized spacial score (nSPS) is 18.5. The molecule has 0 N–H and O–H groups in total. The highest BCUT2D eigenvalue weighted by molar-refractivity contribution is 6.30. The first-order valence-electron chi connectivity index (χ1n) is 10.0. The molecule has 1 saturated heterocycles. The lowest BCUT2D eigenvalue weighted by atomic mass is 9.87. The molecule has 7 heteroatoms. The molecule has 1 fully saturated rings. The van der Waals surface area contributed by atoms with Gasteiger partial charge in [-0.2, -0.15) is 0 Å². The van der Waals surface area contributed by atoms with Crippen molar-refractivity contribution in [1.29, 1.82) is 0 Å². The van der Waals surface area contributed by atoms with Crippen LogP contribution < -0.4 is 9.64 Å². The Morgan fingerprint density at radius 1 is 1.07 bits per heavy atom. The topological polar surface area (TPSA) is 70.2 Å². The van der Waals surface area contributed by atoms with E-state index >= 15 is 0 Å². The number of anilines is 1. The van der Waals surface area contributed by atoms with Crippen molar-refractivity contribution in [3.8, 4) is 5.75 Å². The van der Waals surface area contributed by atoms with Crippen LogP contribution in [0.1, 0.15) is 45.2 Å². The quantitative estimate of drug-likeness (QED) is 0.560. The largest absolute Gasteiger partial charge is 0.496 e. The zero-order valence-corrected chi connectivity index (χ0v) is 18.7. The summed E-state index contributed by atoms with van der Waals surface area (Å²) in [4.78, 5) is 41.4. The van der Waals surface area contributed by atoms with Gasteiger partial charge in [-0.25, -0.2) is 4.79 Å². The molecule has 0 aliphatic carbocycles. The van der Waals surface area contributed by atoms with E-state index in [4.69, 9.17) is 4.74 Å². The molecule has 3 rings (SSSR count). The SMILES string of the molecule is CCCN1c2cc(OC)c(C=C3C(=O)N(C)C(=O)N(C)C3=O)cc2C(C)=CC1(C)C. The Kier molecular flexibility index (Phi) is 5.50. The summed E-state index contributed by atoms with van der Waals surface area (Å²) < 4.78 is 5.62. The van der Waals surface area contributed by atoms with Crippen LogP contribution in [0.3, 0.4) is 0 Å². The molecule has 1 aromatic rings. The number of likely N-dealkylation sites (N-methyl/N-ethyl adjacent to an activating group) is 2. The predicted molar refractivity (Wildman–Crippen MR) is 117 cm³/mol. The lowest BCUT2D eigenvalue weighted by Crippen LogP contribution is -2.52. The number of benzene rings is 1. The van der Waals surface area contributed by atoms with Gasteiger partial charge in [0.05, 0.1) is 12.6 Å². The Balaban J connectivity index is 2.18. The molecule has 0 atom stereocenters. The number of fused-ring (bicyclic) bond motifs is 1. The highest BCUT2D eigenvalue weighted by Gasteiger charge is 2.38. The number of hydrogen-bond acceptors (Lipinski definition) is 5. The standard InChI is InChI=1S/C23H29N3O4/c1-8-9-26-18-12-19(30-7)15(10-16(18)14(2)13-23(26,3)4)11-17-20(27)24(5)22(29)25(6)21(17)28/h10-13H,8-9H2,1-7H3. The highest BCUT2D eigenvalue weighted by atomic mass is 16.5. The van der Waals surface area contributed by atoms with Crippen LogP contribution in [0.25, 0.3) is 11.6 Å². The molecule has 2 aliphatic heterocycles. The van der Waals surface area contributed by atoms with Crippen LogP contribution in [0.4, 0.5) is 10.5 Å². The van der Waals surface area contributed by atoms with Gasteiger partial charge in [-0.15, -0.1) is 0 Å². The molecule has 0 saturated carbocycles. The number of nitrogens with zero attached hydrogens (tertiary/aromatic N) is 3. The lowest BCUT2D eigenvalue weighted by molar-refractivity contribution is -0.134. The molecule has 0 aromatic heterocycles. The fourth-order valence-electron chi connectivity index (χ4n) is 4.17. The summed E-state index contributed by atoms with van der Waals surface area (Å²) in [5.41, 5.74) is 3.62. The number of allylic oxidation sites excluding steroid dienone is 1. The van der Waals surface area contributed by atoms with Crippen LogP contribution in [-0.2, 0) is 9.59 Å². The van der Waals surface area contributed by atoms with Crippen molar-refractivity contribution in [2.45, 2.75) is 39.7 Å². The molecular weight excluding hydrogens is 382 g/mol. The first-order chi connectivity index (χ1) is 14.0. The third-order valence-corrected chi connectivity index (χ3v) is 5.72. The number of amides is 4. The molecular formula is C23H29N3O4. The zero-order chi connectivity index (χ0) is 22.4. The summed E-state index contributed by atoms with van der Waals surface area (Å²) in [5, 5.41) is 0. The number of barbiturate groups is 1. The van der Waals surface area contributed by atoms with Gasteiger partial charge >= 0.3 is 6.03 Å². The Bertz CT molecular complexity index is 964. The van der Waals surface area contributed by atoms with E-state index in [1.807, 2.05) is 12.1 Å². The maximum Gasteiger partial charge on any atom is 0.333 e. The van der Waals surface area contributed by atoms with E-state index in [1.54, 1.807) is 7.11 Å². The van der Waals surface area contributed by atoms with Crippen molar-refractivity contribution in [3.05, 3.63) is 34.9 Å². The van der Waals surface area contributed by atoms with Crippen LogP contribution in [-0.4, -0.2) is 60.9 Å². The Hall–Kier alpha value is -3.09. The third kappa shape index (κ3) is 3.38. The van der Waals surface area contributed by atoms with Crippen molar-refractivity contribution in [2.75, 3.05) is 32.6 Å². The fourth-order valence-corrected chi connectivity index (χ4v) is 4.17. The molecule has 160 valence electrons. The molecule has 30 heavy (non-hydrogen) atoms. The van der Waals surface area contributed by atoms with E-state index in [-0.39, 0.29) is 11.1 Å². The summed E-state index contributed by atoms with van der Waals surface area (Å²) >= 11 is 0. The Labute approximate surface area is 177 Å².